The molecule has 1 radical (unpaired) electrons. The summed E-state index contributed by atoms with van der Waals surface area (Å²) in [5, 5.41) is 2.17. The van der Waals surface area contributed by atoms with Gasteiger partial charge >= 0.3 is 128 Å². The largest absolute Gasteiger partial charge is 0 e. The number of fused-ring (bicyclic) bond motifs is 4. The quantitative estimate of drug-likeness (QED) is 0.118. The van der Waals surface area contributed by atoms with Gasteiger partial charge in [0.15, 0.2) is 0 Å². The summed E-state index contributed by atoms with van der Waals surface area (Å²) in [6.45, 7) is 10.7. The molecular weight excluding hydrogens is 959 g/mol. The van der Waals surface area contributed by atoms with Gasteiger partial charge in [0.2, 0.25) is 0 Å². The molecule has 0 bridgehead atoms. The third kappa shape index (κ3) is 8.66. The van der Waals surface area contributed by atoms with Gasteiger partial charge in [0, 0.05) is 31.1 Å². The molecule has 0 atom stereocenters. The van der Waals surface area contributed by atoms with Gasteiger partial charge < -0.3 is 8.98 Å². The molecule has 0 fully saturated rings. The minimum Gasteiger partial charge on any atom is 0 e. The van der Waals surface area contributed by atoms with Crippen molar-refractivity contribution < 1.29 is 27.3 Å². The first-order chi connectivity index (χ1) is 28.6. The Balaban J connectivity index is 0.000000210. The van der Waals surface area contributed by atoms with Crippen LogP contribution in [0.3, 0.4) is 0 Å². The molecule has 0 aliphatic carbocycles. The van der Waals surface area contributed by atoms with E-state index in [1.54, 1.807) is 0 Å². The number of rotatable bonds is 7. The molecule has 3 aromatic heterocycles. The summed E-state index contributed by atoms with van der Waals surface area (Å²) in [7, 11) is 0. The number of hydrogen-bond acceptors (Lipinski definition) is 3. The van der Waals surface area contributed by atoms with Crippen LogP contribution in [0.15, 0.2) is 150 Å². The summed E-state index contributed by atoms with van der Waals surface area (Å²) in [4.78, 5) is 9.81. The Morgan fingerprint density at radius 1 is 0.780 bits per heavy atom. The van der Waals surface area contributed by atoms with Crippen LogP contribution < -0.4 is 4.40 Å². The fraction of sp³-hybridized carbons (Fsp3) is 0.208. The predicted octanol–water partition coefficient (Wildman–Crippen LogP) is 13.6. The van der Waals surface area contributed by atoms with Crippen LogP contribution in [0.4, 0.5) is 0 Å². The summed E-state index contributed by atoms with van der Waals surface area (Å²) in [5.74, 6) is 7.59. The molecule has 59 heavy (non-hydrogen) atoms. The van der Waals surface area contributed by atoms with Crippen molar-refractivity contribution in [2.24, 2.45) is 5.92 Å². The average molecular weight is 1010 g/mol. The van der Waals surface area contributed by atoms with Gasteiger partial charge in [-0.05, 0) is 34.7 Å². The minimum atomic E-state index is -2.20. The van der Waals surface area contributed by atoms with E-state index in [2.05, 4.69) is 145 Å². The van der Waals surface area contributed by atoms with E-state index in [-0.39, 0.29) is 31.4 Å². The molecule has 6 heteroatoms. The second kappa shape index (κ2) is 17.3. The summed E-state index contributed by atoms with van der Waals surface area (Å²) in [5.41, 5.74) is 11.7. The molecule has 0 aliphatic heterocycles. The van der Waals surface area contributed by atoms with Gasteiger partial charge in [-0.3, -0.25) is 4.98 Å². The van der Waals surface area contributed by atoms with Gasteiger partial charge in [-0.25, -0.2) is 0 Å². The average Bonchev–Trinajstić information content (AvgIpc) is 3.82. The molecule has 299 valence electrons. The maximum atomic E-state index is 8.56. The molecule has 0 N–H and O–H groups in total. The minimum absolute atomic E-state index is 0. The Hall–Kier alpha value is -5.07. The van der Waals surface area contributed by atoms with E-state index in [0.29, 0.717) is 0 Å². The maximum absolute atomic E-state index is 8.56. The van der Waals surface area contributed by atoms with Gasteiger partial charge in [0.05, 0.1) is 28.1 Å². The van der Waals surface area contributed by atoms with Crippen molar-refractivity contribution in [3.63, 3.8) is 0 Å². The zero-order valence-electron chi connectivity index (χ0n) is 37.0. The molecule has 0 saturated heterocycles. The first-order valence-electron chi connectivity index (χ1n) is 21.1. The molecule has 9 aromatic rings. The molecule has 0 saturated carbocycles. The van der Waals surface area contributed by atoms with Crippen molar-refractivity contribution in [2.45, 2.75) is 63.7 Å². The number of imidazole rings is 1. The molecule has 9 rings (SSSR count). The summed E-state index contributed by atoms with van der Waals surface area (Å²) >= 11 is -2.20. The van der Waals surface area contributed by atoms with E-state index in [0.717, 1.165) is 71.3 Å². The number of nitrogens with zero attached hydrogens (tertiary/aromatic N) is 3. The van der Waals surface area contributed by atoms with Crippen LogP contribution in [-0.4, -0.2) is 27.8 Å². The third-order valence-corrected chi connectivity index (χ3v) is 14.6. The van der Waals surface area contributed by atoms with E-state index in [9.17, 15) is 0 Å². The Kier molecular flexibility index (Phi) is 11.5. The first kappa shape index (κ1) is 39.4. The van der Waals surface area contributed by atoms with E-state index in [1.807, 2.05) is 74.6 Å². The van der Waals surface area contributed by atoms with Crippen LogP contribution in [0.1, 0.15) is 48.5 Å². The topological polar surface area (TPSA) is 43.9 Å². The molecule has 0 unspecified atom stereocenters. The first-order valence-corrected chi connectivity index (χ1v) is 27.5. The van der Waals surface area contributed by atoms with Crippen LogP contribution >= 0.6 is 0 Å². The maximum Gasteiger partial charge on any atom is 0 e. The summed E-state index contributed by atoms with van der Waals surface area (Å²) in [6, 6.07) is 54.2. The van der Waals surface area contributed by atoms with Crippen molar-refractivity contribution in [1.82, 2.24) is 14.5 Å². The fourth-order valence-electron chi connectivity index (χ4n) is 7.70. The van der Waals surface area contributed by atoms with Gasteiger partial charge in [-0.15, -0.1) is 18.2 Å². The van der Waals surface area contributed by atoms with Gasteiger partial charge in [0.25, 0.3) is 0 Å². The zero-order valence-corrected chi connectivity index (χ0v) is 39.5. The van der Waals surface area contributed by atoms with Crippen LogP contribution in [-0.2, 0) is 31.9 Å². The van der Waals surface area contributed by atoms with E-state index >= 15 is 0 Å². The number of aromatic nitrogens is 3. The Bertz CT molecular complexity index is 2960. The standard InChI is InChI=1S/C35H27N2O.C18H24GeN.Ir/c1-35(2,3)28-19-12-16-24(23-13-5-4-6-14-23)32(28)37-30-21-9-8-20-29(30)36-34(37)27-18-11-17-26-25-15-7-10-22-31(25)38-33(26)27;1-14(2)11-16-12-18(15-9-7-6-8-10-15)20-13-17(16)19(3,4)5;/h4-17,19-22H,1-3H3;6-9,12-14H,11H2,1-5H3;/q2*-1;/i;11D2;. The molecule has 4 nitrogen and oxygen atoms in total. The van der Waals surface area contributed by atoms with Crippen molar-refractivity contribution in [3.8, 4) is 39.5 Å². The van der Waals surface area contributed by atoms with Gasteiger partial charge in [-0.1, -0.05) is 111 Å². The zero-order chi connectivity index (χ0) is 42.4. The van der Waals surface area contributed by atoms with E-state index < -0.39 is 19.6 Å². The number of pyridine rings is 1. The normalized spacial score (nSPS) is 12.6. The Morgan fingerprint density at radius 3 is 2.24 bits per heavy atom. The number of furan rings is 1. The third-order valence-electron chi connectivity index (χ3n) is 10.4. The predicted molar refractivity (Wildman–Crippen MR) is 247 cm³/mol. The van der Waals surface area contributed by atoms with Crippen LogP contribution in [0.2, 0.25) is 17.3 Å². The van der Waals surface area contributed by atoms with Gasteiger partial charge in [-0.2, -0.15) is 0 Å². The second-order valence-corrected chi connectivity index (χ2v) is 27.8. The molecule has 0 aliphatic rings. The van der Waals surface area contributed by atoms with Crippen molar-refractivity contribution in [3.05, 3.63) is 169 Å². The fourth-order valence-corrected chi connectivity index (χ4v) is 10.6. The van der Waals surface area contributed by atoms with Crippen LogP contribution in [0.25, 0.3) is 72.4 Å². The second-order valence-electron chi connectivity index (χ2n) is 17.2. The van der Waals surface area contributed by atoms with Crippen LogP contribution in [0.5, 0.6) is 0 Å². The summed E-state index contributed by atoms with van der Waals surface area (Å²) < 4.78 is 27.0. The van der Waals surface area contributed by atoms with E-state index in [1.165, 1.54) is 16.7 Å². The number of para-hydroxylation sites is 4. The Morgan fingerprint density at radius 2 is 1.51 bits per heavy atom. The van der Waals surface area contributed by atoms with Crippen molar-refractivity contribution in [2.75, 3.05) is 0 Å². The number of hydrogen-bond donors (Lipinski definition) is 0. The SMILES string of the molecule is CC(C)(C)c1cccc(-c2ccccc2)c1-n1c(-c2[c-]ccc3c2oc2ccccc23)nc2ccccc21.[2H]C([2H])(c1cc(-c2[c-]cccc2)nc[c]1[Ge]([CH3])([CH3])[CH3])C(C)C.[Ir]. The van der Waals surface area contributed by atoms with Crippen molar-refractivity contribution >= 4 is 50.6 Å². The molecule has 6 aromatic carbocycles. The molecule has 3 heterocycles. The molecule has 0 amide bonds. The van der Waals surface area contributed by atoms with Crippen molar-refractivity contribution in [1.29, 1.82) is 0 Å². The van der Waals surface area contributed by atoms with Crippen LogP contribution in [0, 0.1) is 18.1 Å². The monoisotopic (exact) mass is 1010 g/mol. The molecular formula is C53H51GeIrN3O-2. The van der Waals surface area contributed by atoms with E-state index in [4.69, 9.17) is 12.1 Å². The van der Waals surface area contributed by atoms with Gasteiger partial charge in [0.1, 0.15) is 5.58 Å². The smallest absolute Gasteiger partial charge is 0 e. The summed E-state index contributed by atoms with van der Waals surface area (Å²) in [6.07, 6.45) is 0.562. The Labute approximate surface area is 368 Å². The molecule has 0 spiro atoms. The number of benzene rings is 6.